The van der Waals surface area contributed by atoms with Crippen LogP contribution in [0.4, 0.5) is 5.69 Å². The molecule has 0 unspecified atom stereocenters. The van der Waals surface area contributed by atoms with E-state index < -0.39 is 16.0 Å². The number of halogens is 1. The smallest absolute Gasteiger partial charge is 0.335 e. The van der Waals surface area contributed by atoms with Crippen LogP contribution in [-0.2, 0) is 10.0 Å². The van der Waals surface area contributed by atoms with Gasteiger partial charge in [-0.05, 0) is 37.3 Å². The molecule has 0 spiro atoms. The summed E-state index contributed by atoms with van der Waals surface area (Å²) in [6.45, 7) is 1.86. The maximum absolute atomic E-state index is 12.2. The van der Waals surface area contributed by atoms with E-state index in [0.717, 1.165) is 5.56 Å². The fourth-order valence-corrected chi connectivity index (χ4v) is 3.24. The van der Waals surface area contributed by atoms with Crippen molar-refractivity contribution >= 4 is 37.6 Å². The van der Waals surface area contributed by atoms with Gasteiger partial charge in [-0.25, -0.2) is 13.2 Å². The van der Waals surface area contributed by atoms with Crippen LogP contribution < -0.4 is 4.72 Å². The van der Waals surface area contributed by atoms with Crippen molar-refractivity contribution in [3.8, 4) is 0 Å². The molecule has 21 heavy (non-hydrogen) atoms. The largest absolute Gasteiger partial charge is 0.478 e. The molecular formula is C14H12BrNO4S. The van der Waals surface area contributed by atoms with Crippen molar-refractivity contribution in [2.45, 2.75) is 11.8 Å². The topological polar surface area (TPSA) is 83.5 Å². The predicted octanol–water partition coefficient (Wildman–Crippen LogP) is 3.26. The summed E-state index contributed by atoms with van der Waals surface area (Å²) in [4.78, 5) is 11.1. The van der Waals surface area contributed by atoms with E-state index in [0.29, 0.717) is 4.47 Å². The number of sulfonamides is 1. The van der Waals surface area contributed by atoms with Gasteiger partial charge in [0.2, 0.25) is 0 Å². The molecule has 2 rings (SSSR count). The summed E-state index contributed by atoms with van der Waals surface area (Å²) >= 11 is 3.16. The van der Waals surface area contributed by atoms with Crippen molar-refractivity contribution in [1.29, 1.82) is 0 Å². The highest BCUT2D eigenvalue weighted by Gasteiger charge is 2.15. The number of hydrogen-bond donors (Lipinski definition) is 2. The molecule has 2 aromatic rings. The first-order chi connectivity index (χ1) is 9.78. The van der Waals surface area contributed by atoms with E-state index >= 15 is 0 Å². The summed E-state index contributed by atoms with van der Waals surface area (Å²) in [5, 5.41) is 8.98. The van der Waals surface area contributed by atoms with E-state index in [1.165, 1.54) is 30.3 Å². The van der Waals surface area contributed by atoms with Gasteiger partial charge in [-0.3, -0.25) is 4.72 Å². The van der Waals surface area contributed by atoms with Crippen molar-refractivity contribution in [3.63, 3.8) is 0 Å². The molecule has 0 aliphatic heterocycles. The van der Waals surface area contributed by atoms with Crippen LogP contribution >= 0.6 is 15.9 Å². The lowest BCUT2D eigenvalue weighted by atomic mass is 10.2. The zero-order valence-corrected chi connectivity index (χ0v) is 13.4. The minimum absolute atomic E-state index is 0.00835. The minimum Gasteiger partial charge on any atom is -0.478 e. The number of rotatable bonds is 4. The Morgan fingerprint density at radius 1 is 1.14 bits per heavy atom. The van der Waals surface area contributed by atoms with E-state index in [4.69, 9.17) is 5.11 Å². The van der Waals surface area contributed by atoms with E-state index in [-0.39, 0.29) is 16.1 Å². The molecule has 0 atom stereocenters. The van der Waals surface area contributed by atoms with Crippen molar-refractivity contribution < 1.29 is 18.3 Å². The average Bonchev–Trinajstić information content (AvgIpc) is 2.37. The number of nitrogens with one attached hydrogen (secondary N) is 1. The average molecular weight is 370 g/mol. The van der Waals surface area contributed by atoms with Crippen molar-refractivity contribution in [2.75, 3.05) is 4.72 Å². The van der Waals surface area contributed by atoms with Gasteiger partial charge in [0.15, 0.2) is 0 Å². The van der Waals surface area contributed by atoms with Gasteiger partial charge in [-0.2, -0.15) is 0 Å². The van der Waals surface area contributed by atoms with Crippen LogP contribution in [-0.4, -0.2) is 19.5 Å². The van der Waals surface area contributed by atoms with Gasteiger partial charge in [0.05, 0.1) is 16.1 Å². The molecule has 0 heterocycles. The van der Waals surface area contributed by atoms with Gasteiger partial charge in [-0.1, -0.05) is 33.6 Å². The van der Waals surface area contributed by atoms with Gasteiger partial charge >= 0.3 is 5.97 Å². The highest BCUT2D eigenvalue weighted by atomic mass is 79.9. The summed E-state index contributed by atoms with van der Waals surface area (Å²) in [5.41, 5.74) is 1.12. The highest BCUT2D eigenvalue weighted by Crippen LogP contribution is 2.22. The van der Waals surface area contributed by atoms with Crippen LogP contribution in [0.3, 0.4) is 0 Å². The van der Waals surface area contributed by atoms with Crippen molar-refractivity contribution in [2.24, 2.45) is 0 Å². The SMILES string of the molecule is Cc1ccc(S(=O)(=O)Nc2cc(Br)cc(C(=O)O)c2)cc1. The number of carboxylic acid groups (broad SMARTS) is 1. The second-order valence-electron chi connectivity index (χ2n) is 4.45. The molecule has 2 aromatic carbocycles. The fraction of sp³-hybridized carbons (Fsp3) is 0.0714. The molecule has 0 aliphatic carbocycles. The molecule has 110 valence electrons. The summed E-state index contributed by atoms with van der Waals surface area (Å²) in [6.07, 6.45) is 0. The maximum atomic E-state index is 12.2. The first-order valence-corrected chi connectivity index (χ1v) is 8.19. The first kappa shape index (κ1) is 15.5. The van der Waals surface area contributed by atoms with E-state index in [2.05, 4.69) is 20.7 Å². The molecule has 2 N–H and O–H groups in total. The lowest BCUT2D eigenvalue weighted by Crippen LogP contribution is -2.13. The maximum Gasteiger partial charge on any atom is 0.335 e. The Balaban J connectivity index is 2.36. The van der Waals surface area contributed by atoms with Gasteiger partial charge < -0.3 is 5.11 Å². The predicted molar refractivity (Wildman–Crippen MR) is 83.1 cm³/mol. The highest BCUT2D eigenvalue weighted by molar-refractivity contribution is 9.10. The molecule has 0 aromatic heterocycles. The van der Waals surface area contributed by atoms with Gasteiger partial charge in [0.1, 0.15) is 0 Å². The zero-order valence-electron chi connectivity index (χ0n) is 11.0. The second kappa shape index (κ2) is 5.87. The molecular weight excluding hydrogens is 358 g/mol. The number of carbonyl (C=O) groups is 1. The number of aromatic carboxylic acids is 1. The van der Waals surface area contributed by atoms with Crippen molar-refractivity contribution in [1.82, 2.24) is 0 Å². The molecule has 0 radical (unpaired) electrons. The van der Waals surface area contributed by atoms with E-state index in [1.54, 1.807) is 12.1 Å². The fourth-order valence-electron chi connectivity index (χ4n) is 1.70. The quantitative estimate of drug-likeness (QED) is 0.866. The molecule has 0 saturated carbocycles. The number of hydrogen-bond acceptors (Lipinski definition) is 3. The molecule has 0 fully saturated rings. The Morgan fingerprint density at radius 3 is 2.33 bits per heavy atom. The summed E-state index contributed by atoms with van der Waals surface area (Å²) in [5.74, 6) is -1.13. The standard InChI is InChI=1S/C14H12BrNO4S/c1-9-2-4-13(5-3-9)21(19,20)16-12-7-10(14(17)18)6-11(15)8-12/h2-8,16H,1H3,(H,17,18). The van der Waals surface area contributed by atoms with Crippen LogP contribution in [0.2, 0.25) is 0 Å². The Labute approximate surface area is 130 Å². The summed E-state index contributed by atoms with van der Waals surface area (Å²) < 4.78 is 27.3. The summed E-state index contributed by atoms with van der Waals surface area (Å²) in [6, 6.07) is 10.5. The Morgan fingerprint density at radius 2 is 1.76 bits per heavy atom. The third kappa shape index (κ3) is 3.83. The molecule has 0 bridgehead atoms. The normalized spacial score (nSPS) is 11.1. The van der Waals surface area contributed by atoms with Gasteiger partial charge in [-0.15, -0.1) is 0 Å². The number of benzene rings is 2. The van der Waals surface area contributed by atoms with Crippen molar-refractivity contribution in [3.05, 3.63) is 58.1 Å². The molecule has 5 nitrogen and oxygen atoms in total. The monoisotopic (exact) mass is 369 g/mol. The van der Waals surface area contributed by atoms with Crippen LogP contribution in [0, 0.1) is 6.92 Å². The molecule has 0 saturated heterocycles. The molecule has 7 heteroatoms. The second-order valence-corrected chi connectivity index (χ2v) is 7.05. The van der Waals surface area contributed by atoms with Gasteiger partial charge in [0, 0.05) is 4.47 Å². The number of anilines is 1. The lowest BCUT2D eigenvalue weighted by Gasteiger charge is -2.09. The number of carboxylic acids is 1. The minimum atomic E-state index is -3.75. The lowest BCUT2D eigenvalue weighted by molar-refractivity contribution is 0.0697. The van der Waals surface area contributed by atoms with Crippen LogP contribution in [0.1, 0.15) is 15.9 Å². The Bertz CT molecular complexity index is 785. The van der Waals surface area contributed by atoms with Crippen LogP contribution in [0.5, 0.6) is 0 Å². The Kier molecular flexibility index (Phi) is 4.34. The number of aryl methyl sites for hydroxylation is 1. The van der Waals surface area contributed by atoms with Crippen LogP contribution in [0.15, 0.2) is 51.8 Å². The van der Waals surface area contributed by atoms with E-state index in [1.807, 2.05) is 6.92 Å². The zero-order chi connectivity index (χ0) is 15.6. The summed E-state index contributed by atoms with van der Waals surface area (Å²) in [7, 11) is -3.75. The Hall–Kier alpha value is -1.86. The van der Waals surface area contributed by atoms with Crippen LogP contribution in [0.25, 0.3) is 0 Å². The third-order valence-electron chi connectivity index (χ3n) is 2.73. The molecule has 0 aliphatic rings. The first-order valence-electron chi connectivity index (χ1n) is 5.91. The third-order valence-corrected chi connectivity index (χ3v) is 4.58. The molecule has 0 amide bonds. The van der Waals surface area contributed by atoms with Gasteiger partial charge in [0.25, 0.3) is 10.0 Å². The van der Waals surface area contributed by atoms with E-state index in [9.17, 15) is 13.2 Å².